The van der Waals surface area contributed by atoms with Crippen LogP contribution in [-0.4, -0.2) is 34.0 Å². The fraction of sp³-hybridized carbons (Fsp3) is 0.296. The van der Waals surface area contributed by atoms with Gasteiger partial charge in [0.15, 0.2) is 0 Å². The van der Waals surface area contributed by atoms with Crippen LogP contribution < -0.4 is 14.5 Å². The molecule has 0 bridgehead atoms. The molecule has 180 valence electrons. The first-order valence-electron chi connectivity index (χ1n) is 11.5. The molecule has 7 heteroatoms. The third kappa shape index (κ3) is 5.97. The fourth-order valence-corrected chi connectivity index (χ4v) is 5.27. The average Bonchev–Trinajstić information content (AvgIpc) is 2.83. The second-order valence-electron chi connectivity index (χ2n) is 8.23. The zero-order valence-electron chi connectivity index (χ0n) is 20.3. The van der Waals surface area contributed by atoms with Crippen molar-refractivity contribution in [2.75, 3.05) is 28.8 Å². The first-order chi connectivity index (χ1) is 16.3. The number of aryl methyl sites for hydroxylation is 2. The molecule has 0 saturated carbocycles. The molecule has 0 aliphatic rings. The van der Waals surface area contributed by atoms with Crippen LogP contribution >= 0.6 is 0 Å². The molecule has 0 atom stereocenters. The number of hydrogen-bond acceptors (Lipinski definition) is 4. The number of carbonyl (C=O) groups is 1. The highest BCUT2D eigenvalue weighted by atomic mass is 32.2. The molecule has 3 aromatic carbocycles. The lowest BCUT2D eigenvalue weighted by Crippen LogP contribution is -2.41. The number of nitrogens with one attached hydrogen (secondary N) is 1. The van der Waals surface area contributed by atoms with E-state index in [-0.39, 0.29) is 17.3 Å². The van der Waals surface area contributed by atoms with Crippen LogP contribution in [0.1, 0.15) is 30.5 Å². The quantitative estimate of drug-likeness (QED) is 0.459. The first kappa shape index (κ1) is 25.3. The smallest absolute Gasteiger partial charge is 0.264 e. The monoisotopic (exact) mass is 479 g/mol. The van der Waals surface area contributed by atoms with Crippen molar-refractivity contribution in [2.24, 2.45) is 0 Å². The molecule has 0 saturated heterocycles. The summed E-state index contributed by atoms with van der Waals surface area (Å²) in [5, 5.41) is 2.87. The van der Waals surface area contributed by atoms with Gasteiger partial charge in [-0.3, -0.25) is 9.10 Å². The van der Waals surface area contributed by atoms with Gasteiger partial charge in [-0.1, -0.05) is 48.0 Å². The van der Waals surface area contributed by atoms with Crippen molar-refractivity contribution in [3.8, 4) is 0 Å². The van der Waals surface area contributed by atoms with Crippen molar-refractivity contribution in [3.63, 3.8) is 0 Å². The van der Waals surface area contributed by atoms with Crippen molar-refractivity contribution in [1.29, 1.82) is 0 Å². The van der Waals surface area contributed by atoms with Gasteiger partial charge in [0.25, 0.3) is 10.0 Å². The number of para-hydroxylation sites is 1. The van der Waals surface area contributed by atoms with Crippen molar-refractivity contribution in [3.05, 3.63) is 89.5 Å². The number of anilines is 2. The molecule has 0 unspecified atom stereocenters. The summed E-state index contributed by atoms with van der Waals surface area (Å²) in [7, 11) is -3.93. The summed E-state index contributed by atoms with van der Waals surface area (Å²) in [6.07, 6.45) is 0. The Morgan fingerprint density at radius 3 is 2.06 bits per heavy atom. The number of benzene rings is 3. The second-order valence-corrected chi connectivity index (χ2v) is 10.1. The Kier molecular flexibility index (Phi) is 8.34. The van der Waals surface area contributed by atoms with Crippen molar-refractivity contribution >= 4 is 27.3 Å². The van der Waals surface area contributed by atoms with Gasteiger partial charge in [0.2, 0.25) is 5.91 Å². The van der Waals surface area contributed by atoms with Crippen molar-refractivity contribution in [1.82, 2.24) is 5.32 Å². The van der Waals surface area contributed by atoms with Gasteiger partial charge >= 0.3 is 0 Å². The number of nitrogens with zero attached hydrogens (tertiary/aromatic N) is 2. The molecule has 1 amide bonds. The predicted octanol–water partition coefficient (Wildman–Crippen LogP) is 4.66. The van der Waals surface area contributed by atoms with Crippen LogP contribution in [0.15, 0.2) is 77.7 Å². The van der Waals surface area contributed by atoms with E-state index in [1.807, 2.05) is 50.2 Å². The Hall–Kier alpha value is -3.32. The lowest BCUT2D eigenvalue weighted by Gasteiger charge is -2.25. The highest BCUT2D eigenvalue weighted by molar-refractivity contribution is 7.92. The van der Waals surface area contributed by atoms with E-state index in [1.54, 1.807) is 36.4 Å². The summed E-state index contributed by atoms with van der Waals surface area (Å²) < 4.78 is 28.2. The largest absolute Gasteiger partial charge is 0.372 e. The molecule has 0 aliphatic heterocycles. The van der Waals surface area contributed by atoms with E-state index in [2.05, 4.69) is 24.1 Å². The van der Waals surface area contributed by atoms with Crippen LogP contribution in [0.25, 0.3) is 0 Å². The topological polar surface area (TPSA) is 69.7 Å². The minimum atomic E-state index is -3.93. The molecule has 34 heavy (non-hydrogen) atoms. The Morgan fingerprint density at radius 2 is 1.47 bits per heavy atom. The summed E-state index contributed by atoms with van der Waals surface area (Å²) >= 11 is 0. The van der Waals surface area contributed by atoms with E-state index >= 15 is 0 Å². The van der Waals surface area contributed by atoms with Gasteiger partial charge < -0.3 is 10.2 Å². The molecule has 0 aliphatic carbocycles. The molecule has 3 aromatic rings. The normalized spacial score (nSPS) is 11.2. The lowest BCUT2D eigenvalue weighted by atomic mass is 10.2. The van der Waals surface area contributed by atoms with Crippen LogP contribution in [0.3, 0.4) is 0 Å². The minimum absolute atomic E-state index is 0.154. The van der Waals surface area contributed by atoms with Crippen LogP contribution in [0.4, 0.5) is 11.4 Å². The zero-order chi connectivity index (χ0) is 24.7. The molecule has 0 heterocycles. The van der Waals surface area contributed by atoms with Gasteiger partial charge in [-0.25, -0.2) is 8.42 Å². The van der Waals surface area contributed by atoms with Gasteiger partial charge in [0, 0.05) is 25.3 Å². The summed E-state index contributed by atoms with van der Waals surface area (Å²) in [6.45, 7) is 9.83. The second kappa shape index (κ2) is 11.2. The van der Waals surface area contributed by atoms with Crippen LogP contribution in [0, 0.1) is 13.8 Å². The van der Waals surface area contributed by atoms with E-state index in [0.29, 0.717) is 12.2 Å². The van der Waals surface area contributed by atoms with Crippen molar-refractivity contribution in [2.45, 2.75) is 39.1 Å². The molecule has 0 fully saturated rings. The van der Waals surface area contributed by atoms with Gasteiger partial charge in [-0.05, 0) is 69.2 Å². The van der Waals surface area contributed by atoms with Crippen LogP contribution in [0.5, 0.6) is 0 Å². The van der Waals surface area contributed by atoms with Crippen LogP contribution in [0.2, 0.25) is 0 Å². The van der Waals surface area contributed by atoms with Crippen molar-refractivity contribution < 1.29 is 13.2 Å². The molecule has 1 N–H and O–H groups in total. The Bertz CT molecular complexity index is 1200. The standard InChI is InChI=1S/C27H33N3O3S/c1-5-29(6-2)24-15-13-23(14-16-24)19-28-27(31)20-30(26-10-8-7-9-22(26)4)34(32,33)25-17-11-21(3)12-18-25/h7-18H,5-6,19-20H2,1-4H3,(H,28,31). The minimum Gasteiger partial charge on any atom is -0.372 e. The molecule has 6 nitrogen and oxygen atoms in total. The van der Waals surface area contributed by atoms with Gasteiger partial charge in [-0.2, -0.15) is 0 Å². The predicted molar refractivity (Wildman–Crippen MR) is 139 cm³/mol. The first-order valence-corrected chi connectivity index (χ1v) is 13.0. The van der Waals surface area contributed by atoms with Gasteiger partial charge in [0.1, 0.15) is 6.54 Å². The molecule has 0 spiro atoms. The third-order valence-electron chi connectivity index (χ3n) is 5.83. The molecule has 0 aromatic heterocycles. The Labute approximate surface area is 203 Å². The maximum Gasteiger partial charge on any atom is 0.264 e. The summed E-state index contributed by atoms with van der Waals surface area (Å²) in [4.78, 5) is 15.3. The maximum atomic E-state index is 13.5. The summed E-state index contributed by atoms with van der Waals surface area (Å²) in [5.41, 5.74) is 4.31. The lowest BCUT2D eigenvalue weighted by molar-refractivity contribution is -0.119. The zero-order valence-corrected chi connectivity index (χ0v) is 21.1. The number of rotatable bonds is 10. The van der Waals surface area contributed by atoms with Crippen LogP contribution in [-0.2, 0) is 21.4 Å². The van der Waals surface area contributed by atoms with Gasteiger partial charge in [-0.15, -0.1) is 0 Å². The Morgan fingerprint density at radius 1 is 0.853 bits per heavy atom. The third-order valence-corrected chi connectivity index (χ3v) is 7.61. The van der Waals surface area contributed by atoms with Gasteiger partial charge in [0.05, 0.1) is 10.6 Å². The summed E-state index contributed by atoms with van der Waals surface area (Å²) in [6, 6.07) is 21.9. The number of sulfonamides is 1. The van der Waals surface area contributed by atoms with E-state index in [4.69, 9.17) is 0 Å². The molecule has 0 radical (unpaired) electrons. The molecule has 3 rings (SSSR count). The van der Waals surface area contributed by atoms with E-state index in [1.165, 1.54) is 4.31 Å². The SMILES string of the molecule is CCN(CC)c1ccc(CNC(=O)CN(c2ccccc2C)S(=O)(=O)c2ccc(C)cc2)cc1. The fourth-order valence-electron chi connectivity index (χ4n) is 3.78. The Balaban J connectivity index is 1.78. The summed E-state index contributed by atoms with van der Waals surface area (Å²) in [5.74, 6) is -0.369. The van der Waals surface area contributed by atoms with E-state index in [0.717, 1.165) is 35.5 Å². The average molecular weight is 480 g/mol. The van der Waals surface area contributed by atoms with E-state index < -0.39 is 10.0 Å². The number of carbonyl (C=O) groups excluding carboxylic acids is 1. The highest BCUT2D eigenvalue weighted by Crippen LogP contribution is 2.26. The molecular weight excluding hydrogens is 446 g/mol. The molecular formula is C27H33N3O3S. The van der Waals surface area contributed by atoms with E-state index in [9.17, 15) is 13.2 Å². The maximum absolute atomic E-state index is 13.5. The number of amides is 1. The number of hydrogen-bond donors (Lipinski definition) is 1. The highest BCUT2D eigenvalue weighted by Gasteiger charge is 2.28.